The Balaban J connectivity index is 1.95. The summed E-state index contributed by atoms with van der Waals surface area (Å²) >= 11 is 5.14. The van der Waals surface area contributed by atoms with Crippen molar-refractivity contribution < 1.29 is 9.90 Å². The number of hydrogen-bond acceptors (Lipinski definition) is 3. The molecular formula is C9H15ClN2O2. The van der Waals surface area contributed by atoms with Crippen LogP contribution in [0.4, 0.5) is 0 Å². The number of nitrogens with one attached hydrogen (secondary N) is 1. The molecule has 14 heavy (non-hydrogen) atoms. The van der Waals surface area contributed by atoms with E-state index in [1.807, 2.05) is 4.84 Å². The van der Waals surface area contributed by atoms with Gasteiger partial charge in [0.25, 0.3) is 5.91 Å². The zero-order chi connectivity index (χ0) is 10.4. The zero-order valence-electron chi connectivity index (χ0n) is 7.92. The van der Waals surface area contributed by atoms with Gasteiger partial charge in [0.15, 0.2) is 6.10 Å². The van der Waals surface area contributed by atoms with Gasteiger partial charge in [-0.15, -0.1) is 0 Å². The second-order valence-electron chi connectivity index (χ2n) is 4.80. The van der Waals surface area contributed by atoms with Crippen molar-refractivity contribution in [1.29, 1.82) is 0 Å². The molecular weight excluding hydrogens is 204 g/mol. The lowest BCUT2D eigenvalue weighted by atomic mass is 9.47. The van der Waals surface area contributed by atoms with Crippen molar-refractivity contribution in [1.82, 2.24) is 4.84 Å². The summed E-state index contributed by atoms with van der Waals surface area (Å²) in [6, 6.07) is 0. The highest BCUT2D eigenvalue weighted by atomic mass is 35.5. The van der Waals surface area contributed by atoms with Crippen LogP contribution in [0.2, 0.25) is 0 Å². The molecule has 0 aliphatic heterocycles. The fraction of sp³-hybridized carbons (Fsp3) is 0.889. The SMILES string of the molecule is NC1(C(O)C(=O)NCl)CC2(CCC2)C1. The highest BCUT2D eigenvalue weighted by Gasteiger charge is 2.59. The molecule has 4 nitrogen and oxygen atoms in total. The predicted molar refractivity (Wildman–Crippen MR) is 52.4 cm³/mol. The van der Waals surface area contributed by atoms with Crippen LogP contribution >= 0.6 is 11.8 Å². The molecule has 2 aliphatic carbocycles. The summed E-state index contributed by atoms with van der Waals surface area (Å²) in [5, 5.41) is 9.63. The molecule has 0 aromatic rings. The van der Waals surface area contributed by atoms with Crippen molar-refractivity contribution >= 4 is 17.7 Å². The first-order valence-electron chi connectivity index (χ1n) is 4.89. The summed E-state index contributed by atoms with van der Waals surface area (Å²) in [5.41, 5.74) is 5.52. The number of aliphatic hydroxyl groups excluding tert-OH is 1. The van der Waals surface area contributed by atoms with Crippen LogP contribution in [0.5, 0.6) is 0 Å². The highest BCUT2D eigenvalue weighted by Crippen LogP contribution is 2.60. The third-order valence-electron chi connectivity index (χ3n) is 3.71. The molecule has 1 atom stereocenters. The van der Waals surface area contributed by atoms with Crippen molar-refractivity contribution in [3.05, 3.63) is 0 Å². The number of aliphatic hydroxyl groups is 1. The molecule has 0 radical (unpaired) electrons. The van der Waals surface area contributed by atoms with Gasteiger partial charge in [0.05, 0.1) is 5.54 Å². The largest absolute Gasteiger partial charge is 0.381 e. The predicted octanol–water partition coefficient (Wildman–Crippen LogP) is 0.279. The number of hydrogen-bond donors (Lipinski definition) is 3. The van der Waals surface area contributed by atoms with Crippen molar-refractivity contribution in [2.45, 2.75) is 43.7 Å². The molecule has 2 rings (SSSR count). The molecule has 0 aromatic heterocycles. The first-order chi connectivity index (χ1) is 6.51. The Morgan fingerprint density at radius 1 is 1.50 bits per heavy atom. The molecule has 2 aliphatic rings. The van der Waals surface area contributed by atoms with Gasteiger partial charge in [0.2, 0.25) is 0 Å². The minimum Gasteiger partial charge on any atom is -0.381 e. The topological polar surface area (TPSA) is 75.3 Å². The summed E-state index contributed by atoms with van der Waals surface area (Å²) in [6.07, 6.45) is 3.92. The van der Waals surface area contributed by atoms with Crippen molar-refractivity contribution in [3.8, 4) is 0 Å². The first kappa shape index (κ1) is 10.2. The zero-order valence-corrected chi connectivity index (χ0v) is 8.68. The summed E-state index contributed by atoms with van der Waals surface area (Å²) in [6.45, 7) is 0. The normalized spacial score (nSPS) is 28.8. The Morgan fingerprint density at radius 2 is 2.07 bits per heavy atom. The van der Waals surface area contributed by atoms with Crippen LogP contribution in [0, 0.1) is 5.41 Å². The van der Waals surface area contributed by atoms with Crippen LogP contribution in [0.25, 0.3) is 0 Å². The van der Waals surface area contributed by atoms with E-state index >= 15 is 0 Å². The molecule has 1 spiro atoms. The Bertz CT molecular complexity index is 258. The molecule has 0 aromatic carbocycles. The van der Waals surface area contributed by atoms with Crippen molar-refractivity contribution in [3.63, 3.8) is 0 Å². The maximum absolute atomic E-state index is 11.1. The van der Waals surface area contributed by atoms with Gasteiger partial charge in [0, 0.05) is 11.8 Å². The van der Waals surface area contributed by atoms with Gasteiger partial charge in [-0.05, 0) is 31.1 Å². The second kappa shape index (κ2) is 3.08. The fourth-order valence-electron chi connectivity index (χ4n) is 2.88. The monoisotopic (exact) mass is 218 g/mol. The lowest BCUT2D eigenvalue weighted by Crippen LogP contribution is -2.68. The van der Waals surface area contributed by atoms with E-state index in [0.717, 1.165) is 12.8 Å². The van der Waals surface area contributed by atoms with E-state index in [-0.39, 0.29) is 0 Å². The lowest BCUT2D eigenvalue weighted by Gasteiger charge is -2.60. The quantitative estimate of drug-likeness (QED) is 0.583. The van der Waals surface area contributed by atoms with Crippen LogP contribution < -0.4 is 10.6 Å². The number of halogens is 1. The minimum atomic E-state index is -1.17. The van der Waals surface area contributed by atoms with Gasteiger partial charge in [-0.1, -0.05) is 6.42 Å². The Labute approximate surface area is 87.9 Å². The van der Waals surface area contributed by atoms with E-state index in [0.29, 0.717) is 5.41 Å². The van der Waals surface area contributed by atoms with Crippen LogP contribution in [0.3, 0.4) is 0 Å². The Hall–Kier alpha value is -0.320. The first-order valence-corrected chi connectivity index (χ1v) is 5.27. The van der Waals surface area contributed by atoms with Crippen LogP contribution in [-0.2, 0) is 4.79 Å². The van der Waals surface area contributed by atoms with Crippen LogP contribution in [0.1, 0.15) is 32.1 Å². The van der Waals surface area contributed by atoms with E-state index in [2.05, 4.69) is 0 Å². The molecule has 5 heteroatoms. The highest BCUT2D eigenvalue weighted by molar-refractivity contribution is 6.22. The van der Waals surface area contributed by atoms with Crippen LogP contribution in [0.15, 0.2) is 0 Å². The molecule has 0 heterocycles. The maximum atomic E-state index is 11.1. The van der Waals surface area contributed by atoms with Crippen molar-refractivity contribution in [2.75, 3.05) is 0 Å². The lowest BCUT2D eigenvalue weighted by molar-refractivity contribution is -0.144. The number of amides is 1. The van der Waals surface area contributed by atoms with Gasteiger partial charge in [-0.3, -0.25) is 9.63 Å². The maximum Gasteiger partial charge on any atom is 0.265 e. The molecule has 0 bridgehead atoms. The van der Waals surface area contributed by atoms with Gasteiger partial charge in [-0.2, -0.15) is 0 Å². The molecule has 80 valence electrons. The fourth-order valence-corrected chi connectivity index (χ4v) is 2.98. The molecule has 2 saturated carbocycles. The van der Waals surface area contributed by atoms with Crippen LogP contribution in [-0.4, -0.2) is 22.7 Å². The molecule has 2 fully saturated rings. The summed E-state index contributed by atoms with van der Waals surface area (Å²) < 4.78 is 0. The molecule has 0 saturated heterocycles. The standard InChI is InChI=1S/C9H15ClN2O2/c10-12-7(14)6(13)9(11)4-8(5-9)2-1-3-8/h6,13H,1-5,11H2,(H,12,14). The second-order valence-corrected chi connectivity index (χ2v) is 4.99. The van der Waals surface area contributed by atoms with E-state index in [9.17, 15) is 9.90 Å². The van der Waals surface area contributed by atoms with E-state index in [1.165, 1.54) is 19.3 Å². The summed E-state index contributed by atoms with van der Waals surface area (Å²) in [4.78, 5) is 13.0. The Kier molecular flexibility index (Phi) is 2.25. The number of carbonyl (C=O) groups is 1. The third-order valence-corrected chi connectivity index (χ3v) is 3.89. The van der Waals surface area contributed by atoms with Gasteiger partial charge < -0.3 is 10.8 Å². The Morgan fingerprint density at radius 3 is 2.43 bits per heavy atom. The number of carbonyl (C=O) groups excluding carboxylic acids is 1. The smallest absolute Gasteiger partial charge is 0.265 e. The van der Waals surface area contributed by atoms with E-state index in [4.69, 9.17) is 17.5 Å². The molecule has 1 amide bonds. The average molecular weight is 219 g/mol. The van der Waals surface area contributed by atoms with Gasteiger partial charge >= 0.3 is 0 Å². The van der Waals surface area contributed by atoms with Gasteiger partial charge in [0.1, 0.15) is 0 Å². The minimum absolute atomic E-state index is 0.336. The van der Waals surface area contributed by atoms with E-state index in [1.54, 1.807) is 0 Å². The summed E-state index contributed by atoms with van der Waals surface area (Å²) in [5.74, 6) is -0.594. The summed E-state index contributed by atoms with van der Waals surface area (Å²) in [7, 11) is 0. The molecule has 4 N–H and O–H groups in total. The number of nitrogens with two attached hydrogens (primary N) is 1. The van der Waals surface area contributed by atoms with Gasteiger partial charge in [-0.25, -0.2) is 0 Å². The third kappa shape index (κ3) is 1.33. The van der Waals surface area contributed by atoms with E-state index < -0.39 is 17.6 Å². The number of rotatable bonds is 2. The molecule has 1 unspecified atom stereocenters. The van der Waals surface area contributed by atoms with Crippen molar-refractivity contribution in [2.24, 2.45) is 11.1 Å². The average Bonchev–Trinajstić information content (AvgIpc) is 2.07.